The molecule has 0 aromatic carbocycles. The number of likely N-dealkylation sites (tertiary alicyclic amines) is 1. The SMILES string of the molecule is CCc1ocnc1C(=O)N1CCC[C@@H](c2noc(C)n2)C1. The molecule has 21 heavy (non-hydrogen) atoms. The highest BCUT2D eigenvalue weighted by Gasteiger charge is 2.30. The van der Waals surface area contributed by atoms with Gasteiger partial charge in [-0.05, 0) is 12.8 Å². The predicted octanol–water partition coefficient (Wildman–Crippen LogP) is 1.95. The van der Waals surface area contributed by atoms with E-state index in [1.54, 1.807) is 11.8 Å². The van der Waals surface area contributed by atoms with Crippen LogP contribution in [0, 0.1) is 6.92 Å². The lowest BCUT2D eigenvalue weighted by atomic mass is 9.97. The molecule has 1 aliphatic heterocycles. The van der Waals surface area contributed by atoms with Crippen LogP contribution in [0.3, 0.4) is 0 Å². The number of aryl methyl sites for hydroxylation is 2. The van der Waals surface area contributed by atoms with Gasteiger partial charge in [0.05, 0.1) is 0 Å². The Balaban J connectivity index is 1.75. The zero-order chi connectivity index (χ0) is 14.8. The van der Waals surface area contributed by atoms with Crippen LogP contribution < -0.4 is 0 Å². The fraction of sp³-hybridized carbons (Fsp3) is 0.571. The summed E-state index contributed by atoms with van der Waals surface area (Å²) in [5, 5.41) is 3.97. The van der Waals surface area contributed by atoms with Gasteiger partial charge in [-0.2, -0.15) is 4.98 Å². The van der Waals surface area contributed by atoms with Crippen molar-refractivity contribution in [1.29, 1.82) is 0 Å². The normalized spacial score (nSPS) is 19.0. The molecule has 2 aromatic rings. The Morgan fingerprint density at radius 2 is 2.38 bits per heavy atom. The number of hydrogen-bond donors (Lipinski definition) is 0. The minimum atomic E-state index is -0.0782. The molecule has 3 heterocycles. The van der Waals surface area contributed by atoms with E-state index >= 15 is 0 Å². The summed E-state index contributed by atoms with van der Waals surface area (Å²) < 4.78 is 10.3. The van der Waals surface area contributed by atoms with Gasteiger partial charge in [0.25, 0.3) is 5.91 Å². The average molecular weight is 290 g/mol. The molecule has 0 radical (unpaired) electrons. The number of piperidine rings is 1. The largest absolute Gasteiger partial charge is 0.448 e. The monoisotopic (exact) mass is 290 g/mol. The molecule has 0 N–H and O–H groups in total. The first-order valence-corrected chi connectivity index (χ1v) is 7.21. The molecule has 1 aliphatic rings. The molecule has 2 aromatic heterocycles. The maximum Gasteiger partial charge on any atom is 0.276 e. The number of oxazole rings is 1. The van der Waals surface area contributed by atoms with Crippen LogP contribution in [0.25, 0.3) is 0 Å². The van der Waals surface area contributed by atoms with E-state index in [4.69, 9.17) is 8.94 Å². The molecule has 0 aliphatic carbocycles. The van der Waals surface area contributed by atoms with Gasteiger partial charge in [-0.1, -0.05) is 12.1 Å². The number of hydrogen-bond acceptors (Lipinski definition) is 6. The Morgan fingerprint density at radius 3 is 3.10 bits per heavy atom. The van der Waals surface area contributed by atoms with Crippen LogP contribution in [0.15, 0.2) is 15.3 Å². The summed E-state index contributed by atoms with van der Waals surface area (Å²) in [5.74, 6) is 1.92. The van der Waals surface area contributed by atoms with Gasteiger partial charge in [-0.3, -0.25) is 4.79 Å². The van der Waals surface area contributed by atoms with Crippen molar-refractivity contribution in [2.45, 2.75) is 39.0 Å². The molecule has 112 valence electrons. The summed E-state index contributed by atoms with van der Waals surface area (Å²) in [6.07, 6.45) is 3.87. The second-order valence-electron chi connectivity index (χ2n) is 5.24. The zero-order valence-electron chi connectivity index (χ0n) is 12.2. The van der Waals surface area contributed by atoms with E-state index in [0.29, 0.717) is 36.1 Å². The molecule has 3 rings (SSSR count). The Kier molecular flexibility index (Phi) is 3.72. The molecule has 0 unspecified atom stereocenters. The summed E-state index contributed by atoms with van der Waals surface area (Å²) in [6.45, 7) is 5.03. The van der Waals surface area contributed by atoms with Crippen molar-refractivity contribution in [1.82, 2.24) is 20.0 Å². The van der Waals surface area contributed by atoms with Gasteiger partial charge in [0.15, 0.2) is 17.9 Å². The first kappa shape index (κ1) is 13.8. The molecular weight excluding hydrogens is 272 g/mol. The molecule has 1 fully saturated rings. The Bertz CT molecular complexity index is 634. The summed E-state index contributed by atoms with van der Waals surface area (Å²) in [5.41, 5.74) is 0.419. The van der Waals surface area contributed by atoms with E-state index in [0.717, 1.165) is 19.4 Å². The maximum absolute atomic E-state index is 12.6. The fourth-order valence-electron chi connectivity index (χ4n) is 2.70. The molecule has 0 spiro atoms. The molecule has 7 nitrogen and oxygen atoms in total. The van der Waals surface area contributed by atoms with Crippen molar-refractivity contribution in [3.8, 4) is 0 Å². The summed E-state index contributed by atoms with van der Waals surface area (Å²) in [4.78, 5) is 22.7. The van der Waals surface area contributed by atoms with Crippen molar-refractivity contribution in [2.24, 2.45) is 0 Å². The number of carbonyl (C=O) groups excluding carboxylic acids is 1. The zero-order valence-corrected chi connectivity index (χ0v) is 12.2. The third kappa shape index (κ3) is 2.68. The van der Waals surface area contributed by atoms with E-state index in [2.05, 4.69) is 15.1 Å². The molecule has 7 heteroatoms. The number of rotatable bonds is 3. The van der Waals surface area contributed by atoms with Crippen LogP contribution in [0.5, 0.6) is 0 Å². The van der Waals surface area contributed by atoms with Gasteiger partial charge >= 0.3 is 0 Å². The van der Waals surface area contributed by atoms with Gasteiger partial charge in [-0.15, -0.1) is 0 Å². The molecule has 1 saturated heterocycles. The van der Waals surface area contributed by atoms with Crippen molar-refractivity contribution < 1.29 is 13.7 Å². The van der Waals surface area contributed by atoms with Gasteiger partial charge in [0.2, 0.25) is 5.89 Å². The molecule has 1 atom stereocenters. The van der Waals surface area contributed by atoms with Crippen LogP contribution in [0.1, 0.15) is 53.6 Å². The van der Waals surface area contributed by atoms with E-state index in [9.17, 15) is 4.79 Å². The average Bonchev–Trinajstić information content (AvgIpc) is 3.15. The summed E-state index contributed by atoms with van der Waals surface area (Å²) in [7, 11) is 0. The highest BCUT2D eigenvalue weighted by molar-refractivity contribution is 5.93. The first-order chi connectivity index (χ1) is 10.2. The summed E-state index contributed by atoms with van der Waals surface area (Å²) >= 11 is 0. The van der Waals surface area contributed by atoms with E-state index in [1.165, 1.54) is 6.39 Å². The minimum absolute atomic E-state index is 0.0782. The highest BCUT2D eigenvalue weighted by Crippen LogP contribution is 2.26. The van der Waals surface area contributed by atoms with Crippen LogP contribution >= 0.6 is 0 Å². The summed E-state index contributed by atoms with van der Waals surface area (Å²) in [6, 6.07) is 0. The first-order valence-electron chi connectivity index (χ1n) is 7.21. The quantitative estimate of drug-likeness (QED) is 0.858. The lowest BCUT2D eigenvalue weighted by Gasteiger charge is -2.30. The Morgan fingerprint density at radius 1 is 1.52 bits per heavy atom. The molecule has 0 saturated carbocycles. The maximum atomic E-state index is 12.6. The third-order valence-corrected chi connectivity index (χ3v) is 3.78. The van der Waals surface area contributed by atoms with E-state index < -0.39 is 0 Å². The van der Waals surface area contributed by atoms with Crippen molar-refractivity contribution >= 4 is 5.91 Å². The number of nitrogens with zero attached hydrogens (tertiary/aromatic N) is 4. The van der Waals surface area contributed by atoms with Gasteiger partial charge in [-0.25, -0.2) is 4.98 Å². The fourth-order valence-corrected chi connectivity index (χ4v) is 2.70. The number of carbonyl (C=O) groups is 1. The van der Waals surface area contributed by atoms with Gasteiger partial charge in [0.1, 0.15) is 5.76 Å². The lowest BCUT2D eigenvalue weighted by molar-refractivity contribution is 0.0696. The topological polar surface area (TPSA) is 85.3 Å². The second kappa shape index (κ2) is 5.67. The highest BCUT2D eigenvalue weighted by atomic mass is 16.5. The molecule has 1 amide bonds. The van der Waals surface area contributed by atoms with Crippen LogP contribution in [0.2, 0.25) is 0 Å². The Hall–Kier alpha value is -2.18. The van der Waals surface area contributed by atoms with Crippen molar-refractivity contribution in [3.05, 3.63) is 29.6 Å². The number of aromatic nitrogens is 3. The number of amides is 1. The Labute approximate surface area is 122 Å². The molecule has 0 bridgehead atoms. The smallest absolute Gasteiger partial charge is 0.276 e. The van der Waals surface area contributed by atoms with Crippen LogP contribution in [-0.2, 0) is 6.42 Å². The minimum Gasteiger partial charge on any atom is -0.448 e. The molecular formula is C14H18N4O3. The lowest BCUT2D eigenvalue weighted by Crippen LogP contribution is -2.39. The van der Waals surface area contributed by atoms with Crippen molar-refractivity contribution in [2.75, 3.05) is 13.1 Å². The third-order valence-electron chi connectivity index (χ3n) is 3.78. The van der Waals surface area contributed by atoms with Gasteiger partial charge in [0, 0.05) is 32.4 Å². The standard InChI is InChI=1S/C14H18N4O3/c1-3-11-12(15-8-20-11)14(19)18-6-4-5-10(7-18)13-16-9(2)21-17-13/h8,10H,3-7H2,1-2H3/t10-/m1/s1. The second-order valence-corrected chi connectivity index (χ2v) is 5.24. The van der Waals surface area contributed by atoms with Crippen LogP contribution in [0.4, 0.5) is 0 Å². The van der Waals surface area contributed by atoms with E-state index in [1.807, 2.05) is 6.92 Å². The van der Waals surface area contributed by atoms with Crippen LogP contribution in [-0.4, -0.2) is 39.0 Å². The predicted molar refractivity (Wildman–Crippen MR) is 72.8 cm³/mol. The van der Waals surface area contributed by atoms with Gasteiger partial charge < -0.3 is 13.8 Å². The van der Waals surface area contributed by atoms with E-state index in [-0.39, 0.29) is 11.8 Å². The van der Waals surface area contributed by atoms with Crippen molar-refractivity contribution in [3.63, 3.8) is 0 Å².